The predicted octanol–water partition coefficient (Wildman–Crippen LogP) is 2.52. The van der Waals surface area contributed by atoms with Crippen molar-refractivity contribution >= 4 is 11.8 Å². The molecule has 18 heavy (non-hydrogen) atoms. The van der Waals surface area contributed by atoms with Crippen molar-refractivity contribution in [2.45, 2.75) is 24.3 Å². The maximum Gasteiger partial charge on any atom is 0.127 e. The van der Waals surface area contributed by atoms with Crippen molar-refractivity contribution in [3.8, 4) is 0 Å². The molecule has 0 saturated carbocycles. The van der Waals surface area contributed by atoms with Crippen molar-refractivity contribution < 1.29 is 4.39 Å². The lowest BCUT2D eigenvalue weighted by Crippen LogP contribution is -2.41. The number of thioether (sulfide) groups is 1. The van der Waals surface area contributed by atoms with E-state index < -0.39 is 0 Å². The number of rotatable bonds is 4. The zero-order valence-corrected chi connectivity index (χ0v) is 12.0. The Kier molecular flexibility index (Phi) is 4.65. The molecule has 0 radical (unpaired) electrons. The topological polar surface area (TPSA) is 15.3 Å². The fraction of sp³-hybridized carbons (Fsp3) is 0.571. The Morgan fingerprint density at radius 1 is 1.39 bits per heavy atom. The molecule has 2 rings (SSSR count). The first-order valence-corrected chi connectivity index (χ1v) is 7.63. The summed E-state index contributed by atoms with van der Waals surface area (Å²) in [6.45, 7) is 4.11. The first-order chi connectivity index (χ1) is 8.65. The van der Waals surface area contributed by atoms with Crippen LogP contribution in [0.1, 0.15) is 18.5 Å². The van der Waals surface area contributed by atoms with Gasteiger partial charge >= 0.3 is 0 Å². The summed E-state index contributed by atoms with van der Waals surface area (Å²) in [6, 6.07) is 7.64. The molecule has 1 aliphatic rings. The normalized spacial score (nSPS) is 25.6. The lowest BCUT2D eigenvalue weighted by Gasteiger charge is -2.33. The van der Waals surface area contributed by atoms with Gasteiger partial charge < -0.3 is 5.32 Å². The molecule has 100 valence electrons. The summed E-state index contributed by atoms with van der Waals surface area (Å²) >= 11 is 1.89. The summed E-state index contributed by atoms with van der Waals surface area (Å²) in [5, 5.41) is 4.01. The molecular formula is C14H21FN2S. The van der Waals surface area contributed by atoms with Gasteiger partial charge in [0.05, 0.1) is 0 Å². The van der Waals surface area contributed by atoms with Gasteiger partial charge in [-0.15, -0.1) is 0 Å². The number of hydrogen-bond acceptors (Lipinski definition) is 3. The van der Waals surface area contributed by atoms with Gasteiger partial charge in [-0.25, -0.2) is 4.39 Å². The minimum atomic E-state index is -0.108. The average molecular weight is 268 g/mol. The summed E-state index contributed by atoms with van der Waals surface area (Å²) in [5.41, 5.74) is 0.784. The number of nitrogens with zero attached hydrogens (tertiary/aromatic N) is 1. The fourth-order valence-electron chi connectivity index (χ4n) is 2.61. The SMILES string of the molecule is CSC1CNCC1N(C)C(C)c1ccccc1F. The summed E-state index contributed by atoms with van der Waals surface area (Å²) in [4.78, 5) is 2.29. The highest BCUT2D eigenvalue weighted by Crippen LogP contribution is 2.28. The van der Waals surface area contributed by atoms with E-state index in [-0.39, 0.29) is 11.9 Å². The zero-order chi connectivity index (χ0) is 13.1. The maximum atomic E-state index is 13.8. The van der Waals surface area contributed by atoms with Gasteiger partial charge in [0.1, 0.15) is 5.82 Å². The Labute approximate surface area is 113 Å². The van der Waals surface area contributed by atoms with Gasteiger partial charge in [0.25, 0.3) is 0 Å². The second kappa shape index (κ2) is 6.04. The second-order valence-electron chi connectivity index (χ2n) is 4.86. The van der Waals surface area contributed by atoms with Crippen molar-refractivity contribution in [2.75, 3.05) is 26.4 Å². The van der Waals surface area contributed by atoms with Crippen LogP contribution in [0, 0.1) is 5.82 Å². The summed E-state index contributed by atoms with van der Waals surface area (Å²) in [7, 11) is 2.10. The average Bonchev–Trinajstić information content (AvgIpc) is 2.86. The maximum absolute atomic E-state index is 13.8. The fourth-order valence-corrected chi connectivity index (χ4v) is 3.50. The summed E-state index contributed by atoms with van der Waals surface area (Å²) in [6.07, 6.45) is 2.15. The highest BCUT2D eigenvalue weighted by Gasteiger charge is 2.32. The molecule has 1 aromatic rings. The van der Waals surface area contributed by atoms with E-state index in [0.29, 0.717) is 11.3 Å². The van der Waals surface area contributed by atoms with Crippen LogP contribution in [0.25, 0.3) is 0 Å². The molecule has 4 heteroatoms. The lowest BCUT2D eigenvalue weighted by molar-refractivity contribution is 0.197. The van der Waals surface area contributed by atoms with E-state index >= 15 is 0 Å². The van der Waals surface area contributed by atoms with Crippen LogP contribution in [0.5, 0.6) is 0 Å². The molecule has 2 nitrogen and oxygen atoms in total. The Bertz CT molecular complexity index is 399. The molecule has 0 amide bonds. The van der Waals surface area contributed by atoms with E-state index in [2.05, 4.69) is 30.4 Å². The minimum absolute atomic E-state index is 0.103. The Morgan fingerprint density at radius 2 is 2.11 bits per heavy atom. The van der Waals surface area contributed by atoms with Gasteiger partial charge in [0.15, 0.2) is 0 Å². The summed E-state index contributed by atoms with van der Waals surface area (Å²) in [5.74, 6) is -0.108. The van der Waals surface area contributed by atoms with Gasteiger partial charge in [-0.1, -0.05) is 18.2 Å². The Hall–Kier alpha value is -0.580. The van der Waals surface area contributed by atoms with Gasteiger partial charge in [-0.2, -0.15) is 11.8 Å². The highest BCUT2D eigenvalue weighted by molar-refractivity contribution is 7.99. The molecule has 1 heterocycles. The molecule has 3 atom stereocenters. The van der Waals surface area contributed by atoms with Crippen molar-refractivity contribution in [3.05, 3.63) is 35.6 Å². The van der Waals surface area contributed by atoms with E-state index in [1.807, 2.05) is 23.9 Å². The number of likely N-dealkylation sites (N-methyl/N-ethyl adjacent to an activating group) is 1. The number of benzene rings is 1. The Morgan fingerprint density at radius 3 is 2.78 bits per heavy atom. The first kappa shape index (κ1) is 13.8. The minimum Gasteiger partial charge on any atom is -0.314 e. The number of halogens is 1. The largest absolute Gasteiger partial charge is 0.314 e. The van der Waals surface area contributed by atoms with Crippen LogP contribution < -0.4 is 5.32 Å². The van der Waals surface area contributed by atoms with E-state index in [9.17, 15) is 4.39 Å². The highest BCUT2D eigenvalue weighted by atomic mass is 32.2. The van der Waals surface area contributed by atoms with Gasteiger partial charge in [-0.3, -0.25) is 4.90 Å². The van der Waals surface area contributed by atoms with Crippen LogP contribution in [0.4, 0.5) is 4.39 Å². The van der Waals surface area contributed by atoms with E-state index in [4.69, 9.17) is 0 Å². The first-order valence-electron chi connectivity index (χ1n) is 6.35. The molecule has 1 saturated heterocycles. The third-order valence-corrected chi connectivity index (χ3v) is 5.01. The molecule has 1 N–H and O–H groups in total. The van der Waals surface area contributed by atoms with Crippen LogP contribution in [0.3, 0.4) is 0 Å². The molecule has 1 fully saturated rings. The second-order valence-corrected chi connectivity index (χ2v) is 5.94. The van der Waals surface area contributed by atoms with Crippen molar-refractivity contribution in [2.24, 2.45) is 0 Å². The van der Waals surface area contributed by atoms with Crippen molar-refractivity contribution in [1.29, 1.82) is 0 Å². The molecule has 0 bridgehead atoms. The zero-order valence-electron chi connectivity index (χ0n) is 11.2. The van der Waals surface area contributed by atoms with Crippen LogP contribution in [0.2, 0.25) is 0 Å². The van der Waals surface area contributed by atoms with Crippen LogP contribution in [-0.2, 0) is 0 Å². The van der Waals surface area contributed by atoms with Crippen LogP contribution in [-0.4, -0.2) is 42.6 Å². The van der Waals surface area contributed by atoms with Gasteiger partial charge in [0, 0.05) is 36.0 Å². The third-order valence-electron chi connectivity index (χ3n) is 3.92. The molecular weight excluding hydrogens is 247 g/mol. The van der Waals surface area contributed by atoms with Gasteiger partial charge in [0.2, 0.25) is 0 Å². The van der Waals surface area contributed by atoms with Crippen LogP contribution >= 0.6 is 11.8 Å². The number of nitrogens with one attached hydrogen (secondary N) is 1. The molecule has 3 unspecified atom stereocenters. The quantitative estimate of drug-likeness (QED) is 0.903. The standard InChI is InChI=1S/C14H21FN2S/c1-10(11-6-4-5-7-12(11)15)17(2)13-8-16-9-14(13)18-3/h4-7,10,13-14,16H,8-9H2,1-3H3. The summed E-state index contributed by atoms with van der Waals surface area (Å²) < 4.78 is 13.8. The molecule has 0 aromatic heterocycles. The predicted molar refractivity (Wildman–Crippen MR) is 76.5 cm³/mol. The van der Waals surface area contributed by atoms with Crippen LogP contribution in [0.15, 0.2) is 24.3 Å². The van der Waals surface area contributed by atoms with Gasteiger partial charge in [-0.05, 0) is 26.3 Å². The molecule has 1 aromatic carbocycles. The van der Waals surface area contributed by atoms with Crippen molar-refractivity contribution in [3.63, 3.8) is 0 Å². The monoisotopic (exact) mass is 268 g/mol. The van der Waals surface area contributed by atoms with E-state index in [1.54, 1.807) is 12.1 Å². The van der Waals surface area contributed by atoms with E-state index in [0.717, 1.165) is 18.7 Å². The smallest absolute Gasteiger partial charge is 0.127 e. The third kappa shape index (κ3) is 2.71. The molecule has 1 aliphatic heterocycles. The molecule has 0 spiro atoms. The van der Waals surface area contributed by atoms with Crippen molar-refractivity contribution in [1.82, 2.24) is 10.2 Å². The lowest BCUT2D eigenvalue weighted by atomic mass is 10.0. The molecule has 0 aliphatic carbocycles. The Balaban J connectivity index is 2.13. The number of hydrogen-bond donors (Lipinski definition) is 1. The van der Waals surface area contributed by atoms with E-state index in [1.165, 1.54) is 0 Å².